The van der Waals surface area contributed by atoms with Crippen molar-refractivity contribution in [2.75, 3.05) is 4.90 Å². The first-order valence-electron chi connectivity index (χ1n) is 9.60. The van der Waals surface area contributed by atoms with Gasteiger partial charge in [-0.05, 0) is 43.5 Å². The number of nitrogens with zero attached hydrogens (tertiary/aromatic N) is 2. The Hall–Kier alpha value is -2.97. The number of amides is 2. The van der Waals surface area contributed by atoms with Crippen molar-refractivity contribution in [3.05, 3.63) is 57.1 Å². The number of hydrogen-bond donors (Lipinski definition) is 0. The lowest BCUT2D eigenvalue weighted by Crippen LogP contribution is -2.34. The summed E-state index contributed by atoms with van der Waals surface area (Å²) in [6.45, 7) is 1.81. The van der Waals surface area contributed by atoms with E-state index in [1.807, 2.05) is 6.92 Å². The molecule has 0 aromatic heterocycles. The van der Waals surface area contributed by atoms with E-state index in [0.29, 0.717) is 10.8 Å². The maximum absolute atomic E-state index is 13.0. The summed E-state index contributed by atoms with van der Waals surface area (Å²) < 4.78 is 11.5. The largest absolute Gasteiger partial charge is 0.457 e. The first-order chi connectivity index (χ1) is 14.3. The number of imide groups is 1. The lowest BCUT2D eigenvalue weighted by Gasteiger charge is -2.18. The lowest BCUT2D eigenvalue weighted by molar-refractivity contribution is -0.384. The van der Waals surface area contributed by atoms with Crippen LogP contribution in [0.3, 0.4) is 0 Å². The molecule has 3 fully saturated rings. The standard InChI is InChI=1S/C21H17ClN2O6/c1-10-6-13(2-3-15(10)22)29-14-8-11(7-12(9-14)24(27)28)23-20(25)18-16-4-5-17(30-16)19(18)21(23)26/h2-3,6-9,16-19H,4-5H2,1H3/t16-,17-,18-,19+/m0/s1. The average Bonchev–Trinajstić information content (AvgIpc) is 3.38. The summed E-state index contributed by atoms with van der Waals surface area (Å²) in [6.07, 6.45) is 0.983. The number of nitro benzene ring substituents is 1. The fourth-order valence-corrected chi connectivity index (χ4v) is 4.76. The van der Waals surface area contributed by atoms with Crippen LogP contribution in [0.5, 0.6) is 11.5 Å². The molecule has 0 unspecified atom stereocenters. The highest BCUT2D eigenvalue weighted by atomic mass is 35.5. The van der Waals surface area contributed by atoms with Crippen molar-refractivity contribution in [2.24, 2.45) is 11.8 Å². The Balaban J connectivity index is 1.52. The minimum Gasteiger partial charge on any atom is -0.457 e. The number of rotatable bonds is 4. The average molecular weight is 429 g/mol. The fraction of sp³-hybridized carbons (Fsp3) is 0.333. The summed E-state index contributed by atoms with van der Waals surface area (Å²) >= 11 is 6.03. The van der Waals surface area contributed by atoms with E-state index in [0.717, 1.165) is 23.3 Å². The van der Waals surface area contributed by atoms with Crippen LogP contribution in [-0.4, -0.2) is 28.9 Å². The van der Waals surface area contributed by atoms with Crippen LogP contribution in [0.15, 0.2) is 36.4 Å². The highest BCUT2D eigenvalue weighted by Gasteiger charge is 2.62. The Kier molecular flexibility index (Phi) is 4.30. The van der Waals surface area contributed by atoms with Crippen molar-refractivity contribution in [3.8, 4) is 11.5 Å². The van der Waals surface area contributed by atoms with E-state index in [4.69, 9.17) is 21.1 Å². The molecule has 0 spiro atoms. The molecule has 2 bridgehead atoms. The molecule has 3 heterocycles. The highest BCUT2D eigenvalue weighted by molar-refractivity contribution is 6.31. The molecule has 8 nitrogen and oxygen atoms in total. The molecule has 0 radical (unpaired) electrons. The van der Waals surface area contributed by atoms with E-state index in [1.54, 1.807) is 18.2 Å². The molecular formula is C21H17ClN2O6. The number of halogens is 1. The molecule has 3 saturated heterocycles. The number of nitro groups is 1. The molecule has 3 aliphatic rings. The predicted octanol–water partition coefficient (Wildman–Crippen LogP) is 4.02. The first kappa shape index (κ1) is 19.0. The van der Waals surface area contributed by atoms with E-state index >= 15 is 0 Å². The SMILES string of the molecule is Cc1cc(Oc2cc(N3C(=O)[C@@H]4[C@H](C3=O)[C@@H]3CC[C@@H]4O3)cc([N+](=O)[O-])c2)ccc1Cl. The van der Waals surface area contributed by atoms with Crippen LogP contribution in [-0.2, 0) is 14.3 Å². The van der Waals surface area contributed by atoms with Gasteiger partial charge in [-0.2, -0.15) is 0 Å². The fourth-order valence-electron chi connectivity index (χ4n) is 4.64. The zero-order valence-corrected chi connectivity index (χ0v) is 16.7. The van der Waals surface area contributed by atoms with Gasteiger partial charge in [0.2, 0.25) is 11.8 Å². The van der Waals surface area contributed by atoms with Crippen LogP contribution in [0, 0.1) is 28.9 Å². The maximum atomic E-state index is 13.0. The van der Waals surface area contributed by atoms with Gasteiger partial charge in [0.1, 0.15) is 11.5 Å². The Bertz CT molecular complexity index is 1070. The number of carbonyl (C=O) groups excluding carboxylic acids is 2. The number of fused-ring (bicyclic) bond motifs is 5. The zero-order chi connectivity index (χ0) is 21.2. The molecular weight excluding hydrogens is 412 g/mol. The molecule has 2 aromatic carbocycles. The quantitative estimate of drug-likeness (QED) is 0.414. The van der Waals surface area contributed by atoms with E-state index in [1.165, 1.54) is 18.2 Å². The maximum Gasteiger partial charge on any atom is 0.275 e. The monoisotopic (exact) mass is 428 g/mol. The van der Waals surface area contributed by atoms with Gasteiger partial charge in [-0.1, -0.05) is 11.6 Å². The number of hydrogen-bond acceptors (Lipinski definition) is 6. The molecule has 30 heavy (non-hydrogen) atoms. The summed E-state index contributed by atoms with van der Waals surface area (Å²) in [4.78, 5) is 38.0. The zero-order valence-electron chi connectivity index (χ0n) is 15.9. The van der Waals surface area contributed by atoms with Crippen LogP contribution < -0.4 is 9.64 Å². The minimum atomic E-state index is -0.581. The molecule has 9 heteroatoms. The third kappa shape index (κ3) is 2.86. The van der Waals surface area contributed by atoms with Crippen LogP contribution in [0.25, 0.3) is 0 Å². The summed E-state index contributed by atoms with van der Waals surface area (Å²) in [5.74, 6) is -1.18. The third-order valence-corrected chi connectivity index (χ3v) is 6.42. The number of carbonyl (C=O) groups is 2. The van der Waals surface area contributed by atoms with Gasteiger partial charge in [-0.15, -0.1) is 0 Å². The number of aryl methyl sites for hydroxylation is 1. The van der Waals surface area contributed by atoms with Crippen LogP contribution in [0.2, 0.25) is 5.02 Å². The summed E-state index contributed by atoms with van der Waals surface area (Å²) in [5, 5.41) is 12.0. The molecule has 0 aliphatic carbocycles. The molecule has 2 aromatic rings. The van der Waals surface area contributed by atoms with Gasteiger partial charge in [0.15, 0.2) is 0 Å². The van der Waals surface area contributed by atoms with E-state index < -0.39 is 16.8 Å². The topological polar surface area (TPSA) is 99.0 Å². The van der Waals surface area contributed by atoms with Gasteiger partial charge >= 0.3 is 0 Å². The smallest absolute Gasteiger partial charge is 0.275 e. The van der Waals surface area contributed by atoms with Gasteiger partial charge in [0.05, 0.1) is 40.7 Å². The Morgan fingerprint density at radius 3 is 2.33 bits per heavy atom. The van der Waals surface area contributed by atoms with Crippen LogP contribution in [0.4, 0.5) is 11.4 Å². The second-order valence-electron chi connectivity index (χ2n) is 7.81. The van der Waals surface area contributed by atoms with Crippen molar-refractivity contribution >= 4 is 34.8 Å². The molecule has 2 amide bonds. The van der Waals surface area contributed by atoms with Crippen molar-refractivity contribution in [1.29, 1.82) is 0 Å². The normalized spacial score (nSPS) is 26.9. The third-order valence-electron chi connectivity index (χ3n) is 5.99. The Morgan fingerprint density at radius 1 is 1.07 bits per heavy atom. The number of non-ortho nitro benzene ring substituents is 1. The lowest BCUT2D eigenvalue weighted by atomic mass is 9.81. The van der Waals surface area contributed by atoms with Crippen molar-refractivity contribution in [3.63, 3.8) is 0 Å². The van der Waals surface area contributed by atoms with Gasteiger partial charge in [-0.3, -0.25) is 19.7 Å². The molecule has 5 rings (SSSR count). The Labute approximate surface area is 176 Å². The molecule has 0 N–H and O–H groups in total. The van der Waals surface area contributed by atoms with Gasteiger partial charge in [0.25, 0.3) is 5.69 Å². The van der Waals surface area contributed by atoms with Crippen LogP contribution >= 0.6 is 11.6 Å². The van der Waals surface area contributed by atoms with E-state index in [-0.39, 0.29) is 41.1 Å². The van der Waals surface area contributed by atoms with Gasteiger partial charge < -0.3 is 9.47 Å². The minimum absolute atomic E-state index is 0.133. The van der Waals surface area contributed by atoms with E-state index in [2.05, 4.69) is 0 Å². The molecule has 3 aliphatic heterocycles. The molecule has 154 valence electrons. The van der Waals surface area contributed by atoms with Gasteiger partial charge in [0, 0.05) is 17.2 Å². The van der Waals surface area contributed by atoms with Crippen molar-refractivity contribution in [2.45, 2.75) is 32.0 Å². The van der Waals surface area contributed by atoms with E-state index in [9.17, 15) is 19.7 Å². The first-order valence-corrected chi connectivity index (χ1v) is 9.98. The number of anilines is 1. The van der Waals surface area contributed by atoms with Crippen molar-refractivity contribution in [1.82, 2.24) is 0 Å². The second-order valence-corrected chi connectivity index (χ2v) is 8.22. The van der Waals surface area contributed by atoms with Crippen molar-refractivity contribution < 1.29 is 24.0 Å². The Morgan fingerprint density at radius 2 is 1.73 bits per heavy atom. The molecule has 0 saturated carbocycles. The number of ether oxygens (including phenoxy) is 2. The summed E-state index contributed by atoms with van der Waals surface area (Å²) in [6, 6.07) is 8.95. The van der Waals surface area contributed by atoms with Crippen LogP contribution in [0.1, 0.15) is 18.4 Å². The highest BCUT2D eigenvalue weighted by Crippen LogP contribution is 2.50. The molecule has 4 atom stereocenters. The second kappa shape index (κ2) is 6.78. The van der Waals surface area contributed by atoms with Gasteiger partial charge in [-0.25, -0.2) is 4.90 Å². The number of benzene rings is 2. The predicted molar refractivity (Wildman–Crippen MR) is 107 cm³/mol. The summed E-state index contributed by atoms with van der Waals surface area (Å²) in [7, 11) is 0. The summed E-state index contributed by atoms with van der Waals surface area (Å²) in [5.41, 5.74) is 0.645.